The van der Waals surface area contributed by atoms with Crippen molar-refractivity contribution in [1.29, 1.82) is 0 Å². The normalized spacial score (nSPS) is 24.8. The van der Waals surface area contributed by atoms with Gasteiger partial charge in [0.1, 0.15) is 6.04 Å². The van der Waals surface area contributed by atoms with E-state index in [2.05, 4.69) is 17.6 Å². The van der Waals surface area contributed by atoms with E-state index in [1.54, 1.807) is 13.8 Å². The van der Waals surface area contributed by atoms with Gasteiger partial charge < -0.3 is 15.7 Å². The molecular formula is C14H26N2O3. The number of carbonyl (C=O) groups is 2. The van der Waals surface area contributed by atoms with Gasteiger partial charge in [-0.05, 0) is 37.5 Å². The molecule has 0 aromatic rings. The van der Waals surface area contributed by atoms with Crippen LogP contribution in [-0.4, -0.2) is 29.2 Å². The second-order valence-electron chi connectivity index (χ2n) is 5.80. The van der Waals surface area contributed by atoms with Crippen LogP contribution in [0.2, 0.25) is 0 Å². The van der Waals surface area contributed by atoms with E-state index < -0.39 is 12.0 Å². The molecule has 0 spiro atoms. The first-order valence-corrected chi connectivity index (χ1v) is 7.23. The van der Waals surface area contributed by atoms with Gasteiger partial charge in [-0.1, -0.05) is 27.2 Å². The number of carboxylic acids is 1. The Morgan fingerprint density at radius 1 is 1.21 bits per heavy atom. The third-order valence-electron chi connectivity index (χ3n) is 3.98. The summed E-state index contributed by atoms with van der Waals surface area (Å²) >= 11 is 0. The first-order chi connectivity index (χ1) is 8.93. The maximum Gasteiger partial charge on any atom is 0.326 e. The van der Waals surface area contributed by atoms with Crippen LogP contribution in [0.3, 0.4) is 0 Å². The van der Waals surface area contributed by atoms with Gasteiger partial charge >= 0.3 is 12.0 Å². The highest BCUT2D eigenvalue weighted by atomic mass is 16.4. The number of urea groups is 1. The molecule has 1 fully saturated rings. The first kappa shape index (κ1) is 15.8. The third-order valence-corrected chi connectivity index (χ3v) is 3.98. The zero-order valence-corrected chi connectivity index (χ0v) is 12.1. The highest BCUT2D eigenvalue weighted by molar-refractivity contribution is 5.82. The number of hydrogen-bond acceptors (Lipinski definition) is 2. The Morgan fingerprint density at radius 3 is 2.21 bits per heavy atom. The van der Waals surface area contributed by atoms with E-state index in [-0.39, 0.29) is 18.0 Å². The average molecular weight is 270 g/mol. The molecule has 5 nitrogen and oxygen atoms in total. The fourth-order valence-electron chi connectivity index (χ4n) is 2.60. The lowest BCUT2D eigenvalue weighted by atomic mass is 9.84. The summed E-state index contributed by atoms with van der Waals surface area (Å²) in [5, 5.41) is 14.5. The number of nitrogens with one attached hydrogen (secondary N) is 2. The number of aliphatic carboxylic acids is 1. The molecule has 1 aliphatic rings. The second kappa shape index (κ2) is 7.36. The molecule has 0 aromatic heterocycles. The fraction of sp³-hybridized carbons (Fsp3) is 0.857. The highest BCUT2D eigenvalue weighted by Gasteiger charge is 2.26. The van der Waals surface area contributed by atoms with Crippen molar-refractivity contribution in [2.75, 3.05) is 0 Å². The summed E-state index contributed by atoms with van der Waals surface area (Å²) < 4.78 is 0. The molecule has 0 heterocycles. The Hall–Kier alpha value is -1.26. The summed E-state index contributed by atoms with van der Waals surface area (Å²) in [5.74, 6) is -0.331. The summed E-state index contributed by atoms with van der Waals surface area (Å²) in [5.41, 5.74) is 0. The zero-order chi connectivity index (χ0) is 14.4. The van der Waals surface area contributed by atoms with Crippen LogP contribution in [0.5, 0.6) is 0 Å². The van der Waals surface area contributed by atoms with Gasteiger partial charge in [0.15, 0.2) is 0 Å². The monoisotopic (exact) mass is 270 g/mol. The summed E-state index contributed by atoms with van der Waals surface area (Å²) in [7, 11) is 0. The number of carbonyl (C=O) groups excluding carboxylic acids is 1. The van der Waals surface area contributed by atoms with Crippen LogP contribution < -0.4 is 10.6 Å². The smallest absolute Gasteiger partial charge is 0.326 e. The number of carboxylic acid groups (broad SMARTS) is 1. The molecule has 0 bridgehead atoms. The Bertz CT molecular complexity index is 310. The van der Waals surface area contributed by atoms with Crippen molar-refractivity contribution in [3.05, 3.63) is 0 Å². The van der Waals surface area contributed by atoms with E-state index in [1.807, 2.05) is 0 Å². The van der Waals surface area contributed by atoms with E-state index in [1.165, 1.54) is 6.42 Å². The lowest BCUT2D eigenvalue weighted by Gasteiger charge is -2.29. The minimum atomic E-state index is -0.986. The van der Waals surface area contributed by atoms with Crippen LogP contribution in [-0.2, 0) is 4.79 Å². The van der Waals surface area contributed by atoms with Crippen molar-refractivity contribution in [3.8, 4) is 0 Å². The van der Waals surface area contributed by atoms with Crippen LogP contribution in [0.15, 0.2) is 0 Å². The molecule has 5 heteroatoms. The number of hydrogen-bond donors (Lipinski definition) is 3. The molecule has 110 valence electrons. The molecule has 3 N–H and O–H groups in total. The van der Waals surface area contributed by atoms with Gasteiger partial charge in [-0.25, -0.2) is 9.59 Å². The van der Waals surface area contributed by atoms with Crippen LogP contribution in [0.1, 0.15) is 52.9 Å². The van der Waals surface area contributed by atoms with Crippen molar-refractivity contribution >= 4 is 12.0 Å². The lowest BCUT2D eigenvalue weighted by molar-refractivity contribution is -0.140. The molecule has 0 radical (unpaired) electrons. The first-order valence-electron chi connectivity index (χ1n) is 7.23. The Labute approximate surface area is 115 Å². The molecule has 0 saturated heterocycles. The molecular weight excluding hydrogens is 244 g/mol. The second-order valence-corrected chi connectivity index (χ2v) is 5.80. The summed E-state index contributed by atoms with van der Waals surface area (Å²) in [6, 6.07) is -1.00. The maximum atomic E-state index is 11.8. The van der Waals surface area contributed by atoms with Crippen molar-refractivity contribution < 1.29 is 14.7 Å². The van der Waals surface area contributed by atoms with Crippen LogP contribution in [0.4, 0.5) is 4.79 Å². The van der Waals surface area contributed by atoms with E-state index in [9.17, 15) is 9.59 Å². The topological polar surface area (TPSA) is 78.4 Å². The molecule has 0 aliphatic heterocycles. The predicted molar refractivity (Wildman–Crippen MR) is 74.0 cm³/mol. The van der Waals surface area contributed by atoms with Gasteiger partial charge in [-0.3, -0.25) is 0 Å². The summed E-state index contributed by atoms with van der Waals surface area (Å²) in [4.78, 5) is 22.8. The Kier molecular flexibility index (Phi) is 6.12. The maximum absolute atomic E-state index is 11.8. The Balaban J connectivity index is 2.37. The van der Waals surface area contributed by atoms with Gasteiger partial charge in [-0.2, -0.15) is 0 Å². The summed E-state index contributed by atoms with van der Waals surface area (Å²) in [6.45, 7) is 5.77. The van der Waals surface area contributed by atoms with Crippen molar-refractivity contribution in [2.24, 2.45) is 11.8 Å². The van der Waals surface area contributed by atoms with E-state index in [0.29, 0.717) is 0 Å². The molecule has 1 unspecified atom stereocenters. The fourth-order valence-corrected chi connectivity index (χ4v) is 2.60. The van der Waals surface area contributed by atoms with Gasteiger partial charge in [0.25, 0.3) is 0 Å². The molecule has 19 heavy (non-hydrogen) atoms. The molecule has 2 amide bonds. The largest absolute Gasteiger partial charge is 0.480 e. The summed E-state index contributed by atoms with van der Waals surface area (Å²) in [6.07, 6.45) is 5.48. The minimum absolute atomic E-state index is 0.126. The standard InChI is InChI=1S/C14H26N2O3/c1-4-10-5-7-11(8-6-10)15-14(19)16-12(9(2)3)13(17)18/h9-12H,4-8H2,1-3H3,(H,17,18)(H2,15,16,19). The SMILES string of the molecule is CCC1CCC(NC(=O)NC(C(=O)O)C(C)C)CC1. The number of rotatable bonds is 5. The van der Waals surface area contributed by atoms with Crippen molar-refractivity contribution in [3.63, 3.8) is 0 Å². The Morgan fingerprint density at radius 2 is 1.79 bits per heavy atom. The highest BCUT2D eigenvalue weighted by Crippen LogP contribution is 2.26. The molecule has 1 saturated carbocycles. The predicted octanol–water partition coefficient (Wildman–Crippen LogP) is 2.36. The average Bonchev–Trinajstić information content (AvgIpc) is 2.36. The van der Waals surface area contributed by atoms with Crippen molar-refractivity contribution in [1.82, 2.24) is 10.6 Å². The van der Waals surface area contributed by atoms with Crippen LogP contribution in [0, 0.1) is 11.8 Å². The zero-order valence-electron chi connectivity index (χ0n) is 12.1. The third kappa shape index (κ3) is 5.09. The van der Waals surface area contributed by atoms with E-state index in [0.717, 1.165) is 31.6 Å². The van der Waals surface area contributed by atoms with Gasteiger partial charge in [0, 0.05) is 6.04 Å². The lowest BCUT2D eigenvalue weighted by Crippen LogP contribution is -2.51. The molecule has 1 aliphatic carbocycles. The van der Waals surface area contributed by atoms with Gasteiger partial charge in [-0.15, -0.1) is 0 Å². The van der Waals surface area contributed by atoms with E-state index in [4.69, 9.17) is 5.11 Å². The quantitative estimate of drug-likeness (QED) is 0.717. The molecule has 1 atom stereocenters. The minimum Gasteiger partial charge on any atom is -0.480 e. The van der Waals surface area contributed by atoms with Gasteiger partial charge in [0.05, 0.1) is 0 Å². The van der Waals surface area contributed by atoms with Crippen molar-refractivity contribution in [2.45, 2.75) is 65.0 Å². The van der Waals surface area contributed by atoms with Crippen LogP contribution in [0.25, 0.3) is 0 Å². The molecule has 1 rings (SSSR count). The van der Waals surface area contributed by atoms with Gasteiger partial charge in [0.2, 0.25) is 0 Å². The molecule has 0 aromatic carbocycles. The number of amides is 2. The van der Waals surface area contributed by atoms with Crippen LogP contribution >= 0.6 is 0 Å². The van der Waals surface area contributed by atoms with E-state index >= 15 is 0 Å².